The highest BCUT2D eigenvalue weighted by atomic mass is 35.5. The lowest BCUT2D eigenvalue weighted by Gasteiger charge is -2.23. The average Bonchev–Trinajstić information content (AvgIpc) is 3.06. The maximum Gasteiger partial charge on any atom is 0.258 e. The SMILES string of the molecule is CC(C)(C)c1noc(-c2ccccc2C(=O)NC2CCNCC2)n1.Cl. The van der Waals surface area contributed by atoms with E-state index in [1.54, 1.807) is 6.07 Å². The van der Waals surface area contributed by atoms with Gasteiger partial charge in [-0.3, -0.25) is 4.79 Å². The first kappa shape index (κ1) is 19.4. The summed E-state index contributed by atoms with van der Waals surface area (Å²) in [5.41, 5.74) is 1.04. The Morgan fingerprint density at radius 2 is 1.92 bits per heavy atom. The number of nitrogens with zero attached hydrogens (tertiary/aromatic N) is 2. The van der Waals surface area contributed by atoms with E-state index in [-0.39, 0.29) is 29.8 Å². The first-order valence-corrected chi connectivity index (χ1v) is 8.40. The van der Waals surface area contributed by atoms with Crippen molar-refractivity contribution in [1.29, 1.82) is 0 Å². The summed E-state index contributed by atoms with van der Waals surface area (Å²) in [4.78, 5) is 17.2. The van der Waals surface area contributed by atoms with Crippen molar-refractivity contribution in [1.82, 2.24) is 20.8 Å². The van der Waals surface area contributed by atoms with Crippen LogP contribution in [0.2, 0.25) is 0 Å². The quantitative estimate of drug-likeness (QED) is 0.875. The molecule has 136 valence electrons. The Labute approximate surface area is 154 Å². The highest BCUT2D eigenvalue weighted by molar-refractivity contribution is 6.00. The molecule has 1 aromatic carbocycles. The van der Waals surface area contributed by atoms with Gasteiger partial charge >= 0.3 is 0 Å². The second-order valence-corrected chi connectivity index (χ2v) is 7.22. The molecule has 2 N–H and O–H groups in total. The Kier molecular flexibility index (Phi) is 6.19. The number of carbonyl (C=O) groups excluding carboxylic acids is 1. The van der Waals surface area contributed by atoms with E-state index in [4.69, 9.17) is 4.52 Å². The van der Waals surface area contributed by atoms with Crippen LogP contribution in [-0.2, 0) is 5.41 Å². The fourth-order valence-corrected chi connectivity index (χ4v) is 2.73. The molecule has 0 saturated carbocycles. The number of carbonyl (C=O) groups is 1. The van der Waals surface area contributed by atoms with Crippen molar-refractivity contribution in [2.24, 2.45) is 0 Å². The van der Waals surface area contributed by atoms with Gasteiger partial charge in [-0.25, -0.2) is 0 Å². The Morgan fingerprint density at radius 1 is 1.24 bits per heavy atom. The van der Waals surface area contributed by atoms with Crippen LogP contribution in [0.4, 0.5) is 0 Å². The zero-order valence-corrected chi connectivity index (χ0v) is 15.7. The van der Waals surface area contributed by atoms with Gasteiger partial charge in [0.2, 0.25) is 0 Å². The summed E-state index contributed by atoms with van der Waals surface area (Å²) < 4.78 is 5.41. The molecular weight excluding hydrogens is 340 g/mol. The molecule has 2 aromatic rings. The first-order chi connectivity index (χ1) is 11.4. The average molecular weight is 365 g/mol. The number of halogens is 1. The second kappa shape index (κ2) is 7.97. The van der Waals surface area contributed by atoms with Crippen molar-refractivity contribution >= 4 is 18.3 Å². The van der Waals surface area contributed by atoms with Crippen LogP contribution in [0.15, 0.2) is 28.8 Å². The maximum atomic E-state index is 12.7. The number of piperidine rings is 1. The molecule has 1 fully saturated rings. The van der Waals surface area contributed by atoms with Gasteiger partial charge in [0.1, 0.15) is 0 Å². The van der Waals surface area contributed by atoms with Gasteiger partial charge in [-0.05, 0) is 38.1 Å². The monoisotopic (exact) mass is 364 g/mol. The molecule has 0 radical (unpaired) electrons. The van der Waals surface area contributed by atoms with E-state index in [9.17, 15) is 4.79 Å². The minimum atomic E-state index is -0.200. The van der Waals surface area contributed by atoms with Crippen LogP contribution in [0.5, 0.6) is 0 Å². The van der Waals surface area contributed by atoms with E-state index in [0.29, 0.717) is 22.8 Å². The molecule has 0 atom stereocenters. The fraction of sp³-hybridized carbons (Fsp3) is 0.500. The normalized spacial score (nSPS) is 15.5. The molecular formula is C18H25ClN4O2. The third-order valence-electron chi connectivity index (χ3n) is 4.17. The molecule has 0 bridgehead atoms. The van der Waals surface area contributed by atoms with Crippen LogP contribution in [-0.4, -0.2) is 35.2 Å². The maximum absolute atomic E-state index is 12.7. The molecule has 3 rings (SSSR count). The topological polar surface area (TPSA) is 80.0 Å². The smallest absolute Gasteiger partial charge is 0.258 e. The molecule has 7 heteroatoms. The number of hydrogen-bond donors (Lipinski definition) is 2. The van der Waals surface area contributed by atoms with Crippen LogP contribution in [0, 0.1) is 0 Å². The molecule has 0 aliphatic carbocycles. The van der Waals surface area contributed by atoms with Crippen molar-refractivity contribution in [3.63, 3.8) is 0 Å². The van der Waals surface area contributed by atoms with Gasteiger partial charge in [-0.1, -0.05) is 38.1 Å². The van der Waals surface area contributed by atoms with Crippen LogP contribution >= 0.6 is 12.4 Å². The number of hydrogen-bond acceptors (Lipinski definition) is 5. The second-order valence-electron chi connectivity index (χ2n) is 7.22. The zero-order chi connectivity index (χ0) is 17.2. The highest BCUT2D eigenvalue weighted by Crippen LogP contribution is 2.26. The van der Waals surface area contributed by atoms with Gasteiger partial charge in [0.15, 0.2) is 5.82 Å². The summed E-state index contributed by atoms with van der Waals surface area (Å²) in [6, 6.07) is 7.57. The number of aromatic nitrogens is 2. The summed E-state index contributed by atoms with van der Waals surface area (Å²) in [7, 11) is 0. The van der Waals surface area contributed by atoms with Crippen molar-refractivity contribution < 1.29 is 9.32 Å². The van der Waals surface area contributed by atoms with Crippen molar-refractivity contribution in [2.75, 3.05) is 13.1 Å². The Bertz CT molecular complexity index is 718. The molecule has 0 spiro atoms. The zero-order valence-electron chi connectivity index (χ0n) is 14.8. The number of nitrogens with one attached hydrogen (secondary N) is 2. The van der Waals surface area contributed by atoms with Gasteiger partial charge < -0.3 is 15.2 Å². The number of rotatable bonds is 3. The third kappa shape index (κ3) is 4.58. The van der Waals surface area contributed by atoms with E-state index in [0.717, 1.165) is 25.9 Å². The molecule has 1 saturated heterocycles. The Morgan fingerprint density at radius 3 is 2.56 bits per heavy atom. The van der Waals surface area contributed by atoms with Gasteiger partial charge in [-0.15, -0.1) is 12.4 Å². The minimum absolute atomic E-state index is 0. The van der Waals surface area contributed by atoms with E-state index in [1.165, 1.54) is 0 Å². The first-order valence-electron chi connectivity index (χ1n) is 8.40. The Hall–Kier alpha value is -1.92. The lowest BCUT2D eigenvalue weighted by molar-refractivity contribution is 0.0930. The van der Waals surface area contributed by atoms with Crippen LogP contribution in [0.3, 0.4) is 0 Å². The predicted octanol–water partition coefficient (Wildman–Crippen LogP) is 2.94. The molecule has 6 nitrogen and oxygen atoms in total. The van der Waals surface area contributed by atoms with Crippen molar-refractivity contribution in [3.05, 3.63) is 35.7 Å². The summed E-state index contributed by atoms with van der Waals surface area (Å²) in [6.45, 7) is 7.95. The summed E-state index contributed by atoms with van der Waals surface area (Å²) >= 11 is 0. The van der Waals surface area contributed by atoms with E-state index >= 15 is 0 Å². The molecule has 25 heavy (non-hydrogen) atoms. The van der Waals surface area contributed by atoms with E-state index in [2.05, 4.69) is 20.8 Å². The van der Waals surface area contributed by atoms with Gasteiger partial charge in [0.25, 0.3) is 11.8 Å². The van der Waals surface area contributed by atoms with Crippen LogP contribution in [0.1, 0.15) is 49.8 Å². The van der Waals surface area contributed by atoms with Crippen molar-refractivity contribution in [3.8, 4) is 11.5 Å². The van der Waals surface area contributed by atoms with Crippen molar-refractivity contribution in [2.45, 2.75) is 45.1 Å². The van der Waals surface area contributed by atoms with E-state index < -0.39 is 0 Å². The van der Waals surface area contributed by atoms with Gasteiger partial charge in [0.05, 0.1) is 11.1 Å². The van der Waals surface area contributed by atoms with E-state index in [1.807, 2.05) is 39.0 Å². The van der Waals surface area contributed by atoms with Crippen LogP contribution < -0.4 is 10.6 Å². The summed E-state index contributed by atoms with van der Waals surface area (Å²) in [5.74, 6) is 0.926. The van der Waals surface area contributed by atoms with Gasteiger partial charge in [0, 0.05) is 11.5 Å². The number of benzene rings is 1. The van der Waals surface area contributed by atoms with Gasteiger partial charge in [-0.2, -0.15) is 4.98 Å². The molecule has 1 amide bonds. The largest absolute Gasteiger partial charge is 0.349 e. The number of amides is 1. The molecule has 1 aliphatic rings. The standard InChI is InChI=1S/C18H24N4O2.ClH/c1-18(2,3)17-21-16(24-22-17)14-7-5-4-6-13(14)15(23)20-12-8-10-19-11-9-12;/h4-7,12,19H,8-11H2,1-3H3,(H,20,23);1H. The minimum Gasteiger partial charge on any atom is -0.349 e. The molecule has 2 heterocycles. The molecule has 1 aromatic heterocycles. The lowest BCUT2D eigenvalue weighted by atomic mass is 9.96. The Balaban J connectivity index is 0.00000225. The fourth-order valence-electron chi connectivity index (χ4n) is 2.73. The lowest BCUT2D eigenvalue weighted by Crippen LogP contribution is -2.42. The van der Waals surface area contributed by atoms with Crippen LogP contribution in [0.25, 0.3) is 11.5 Å². The third-order valence-corrected chi connectivity index (χ3v) is 4.17. The summed E-state index contributed by atoms with van der Waals surface area (Å²) in [5, 5.41) is 10.5. The predicted molar refractivity (Wildman–Crippen MR) is 99.0 cm³/mol. The molecule has 0 unspecified atom stereocenters. The summed E-state index contributed by atoms with van der Waals surface area (Å²) in [6.07, 6.45) is 1.89. The highest BCUT2D eigenvalue weighted by Gasteiger charge is 2.24. The molecule has 1 aliphatic heterocycles.